The smallest absolute Gasteiger partial charge is 0.108 e. The summed E-state index contributed by atoms with van der Waals surface area (Å²) in [5.74, 6) is 6.84. The largest absolute Gasteiger partial charge is 0.364 e. The van der Waals surface area contributed by atoms with E-state index in [1.165, 1.54) is 17.5 Å². The summed E-state index contributed by atoms with van der Waals surface area (Å²) in [5.41, 5.74) is 9.83. The molecule has 1 aliphatic carbocycles. The first-order chi connectivity index (χ1) is 11.6. The summed E-state index contributed by atoms with van der Waals surface area (Å²) in [5, 5.41) is 0. The standard InChI is InChI=1S/C22H25NO/c1-22(23)14-13-21(16-22)20-11-9-18(10-12-20)8-5-15-24-17-19-6-3-2-4-7-19/h2-4,6-7,9-12,21H,13-17,23H2,1H3/t21-,22-/m1/s1. The molecule has 0 amide bonds. The molecule has 2 atom stereocenters. The van der Waals surface area contributed by atoms with Gasteiger partial charge in [0.05, 0.1) is 6.61 Å². The van der Waals surface area contributed by atoms with E-state index < -0.39 is 0 Å². The number of hydrogen-bond acceptors (Lipinski definition) is 2. The Morgan fingerprint density at radius 3 is 2.54 bits per heavy atom. The molecule has 124 valence electrons. The first-order valence-electron chi connectivity index (χ1n) is 8.62. The molecule has 0 radical (unpaired) electrons. The second kappa shape index (κ2) is 7.66. The fourth-order valence-corrected chi connectivity index (χ4v) is 3.33. The van der Waals surface area contributed by atoms with E-state index >= 15 is 0 Å². The summed E-state index contributed by atoms with van der Waals surface area (Å²) < 4.78 is 5.58. The number of rotatable bonds is 4. The molecule has 0 aliphatic heterocycles. The Hall–Kier alpha value is -2.08. The molecule has 2 aromatic carbocycles. The van der Waals surface area contributed by atoms with Crippen LogP contribution in [0.2, 0.25) is 0 Å². The maximum atomic E-state index is 6.24. The lowest BCUT2D eigenvalue weighted by Crippen LogP contribution is -2.32. The molecule has 1 saturated carbocycles. The van der Waals surface area contributed by atoms with Crippen molar-refractivity contribution < 1.29 is 4.74 Å². The maximum Gasteiger partial charge on any atom is 0.108 e. The van der Waals surface area contributed by atoms with Crippen molar-refractivity contribution in [3.05, 3.63) is 71.3 Å². The average molecular weight is 319 g/mol. The molecular weight excluding hydrogens is 294 g/mol. The van der Waals surface area contributed by atoms with Gasteiger partial charge >= 0.3 is 0 Å². The van der Waals surface area contributed by atoms with Gasteiger partial charge in [-0.2, -0.15) is 0 Å². The first-order valence-corrected chi connectivity index (χ1v) is 8.62. The molecular formula is C22H25NO. The van der Waals surface area contributed by atoms with Crippen LogP contribution in [0.3, 0.4) is 0 Å². The summed E-state index contributed by atoms with van der Waals surface area (Å²) in [6.07, 6.45) is 3.37. The summed E-state index contributed by atoms with van der Waals surface area (Å²) in [6.45, 7) is 3.21. The molecule has 0 heterocycles. The third kappa shape index (κ3) is 4.71. The number of hydrogen-bond donors (Lipinski definition) is 1. The minimum Gasteiger partial charge on any atom is -0.364 e. The van der Waals surface area contributed by atoms with E-state index in [4.69, 9.17) is 10.5 Å². The van der Waals surface area contributed by atoms with E-state index in [-0.39, 0.29) is 5.54 Å². The van der Waals surface area contributed by atoms with Gasteiger partial charge in [-0.15, -0.1) is 0 Å². The van der Waals surface area contributed by atoms with Crippen molar-refractivity contribution in [1.29, 1.82) is 0 Å². The third-order valence-electron chi connectivity index (χ3n) is 4.68. The Bertz CT molecular complexity index is 707. The number of ether oxygens (including phenoxy) is 1. The summed E-state index contributed by atoms with van der Waals surface area (Å²) >= 11 is 0. The van der Waals surface area contributed by atoms with Crippen LogP contribution in [-0.2, 0) is 11.3 Å². The highest BCUT2D eigenvalue weighted by Crippen LogP contribution is 2.39. The van der Waals surface area contributed by atoms with Crippen molar-refractivity contribution in [1.82, 2.24) is 0 Å². The topological polar surface area (TPSA) is 35.2 Å². The van der Waals surface area contributed by atoms with E-state index in [1.54, 1.807) is 0 Å². The Kier molecular flexibility index (Phi) is 5.35. The Morgan fingerprint density at radius 2 is 1.88 bits per heavy atom. The molecule has 0 aromatic heterocycles. The zero-order chi connectivity index (χ0) is 16.8. The molecule has 1 aliphatic rings. The van der Waals surface area contributed by atoms with Gasteiger partial charge in [-0.3, -0.25) is 0 Å². The van der Waals surface area contributed by atoms with E-state index in [2.05, 4.69) is 55.2 Å². The van der Waals surface area contributed by atoms with Gasteiger partial charge in [0.15, 0.2) is 0 Å². The lowest BCUT2D eigenvalue weighted by Gasteiger charge is -2.17. The van der Waals surface area contributed by atoms with Crippen LogP contribution >= 0.6 is 0 Å². The van der Waals surface area contributed by atoms with Crippen LogP contribution < -0.4 is 5.73 Å². The lowest BCUT2D eigenvalue weighted by molar-refractivity contribution is 0.153. The molecule has 0 spiro atoms. The monoisotopic (exact) mass is 319 g/mol. The Balaban J connectivity index is 1.48. The van der Waals surface area contributed by atoms with Crippen LogP contribution in [0.5, 0.6) is 0 Å². The van der Waals surface area contributed by atoms with E-state index in [0.29, 0.717) is 19.1 Å². The van der Waals surface area contributed by atoms with Gasteiger partial charge in [0.25, 0.3) is 0 Å². The van der Waals surface area contributed by atoms with Gasteiger partial charge in [-0.05, 0) is 55.4 Å². The molecule has 2 nitrogen and oxygen atoms in total. The van der Waals surface area contributed by atoms with E-state index in [1.807, 2.05) is 18.2 Å². The van der Waals surface area contributed by atoms with E-state index in [0.717, 1.165) is 18.4 Å². The zero-order valence-corrected chi connectivity index (χ0v) is 14.3. The van der Waals surface area contributed by atoms with Crippen LogP contribution in [0, 0.1) is 11.8 Å². The number of nitrogens with two attached hydrogens (primary N) is 1. The quantitative estimate of drug-likeness (QED) is 0.676. The summed E-state index contributed by atoms with van der Waals surface area (Å²) in [7, 11) is 0. The highest BCUT2D eigenvalue weighted by molar-refractivity contribution is 5.37. The van der Waals surface area contributed by atoms with Crippen LogP contribution in [-0.4, -0.2) is 12.1 Å². The number of benzene rings is 2. The van der Waals surface area contributed by atoms with Gasteiger partial charge in [0, 0.05) is 11.1 Å². The molecule has 2 aromatic rings. The van der Waals surface area contributed by atoms with Crippen LogP contribution in [0.1, 0.15) is 48.8 Å². The minimum absolute atomic E-state index is 0.000758. The molecule has 0 unspecified atom stereocenters. The lowest BCUT2D eigenvalue weighted by atomic mass is 9.94. The van der Waals surface area contributed by atoms with Gasteiger partial charge < -0.3 is 10.5 Å². The Morgan fingerprint density at radius 1 is 1.12 bits per heavy atom. The fourth-order valence-electron chi connectivity index (χ4n) is 3.33. The second-order valence-electron chi connectivity index (χ2n) is 7.00. The van der Waals surface area contributed by atoms with Gasteiger partial charge in [-0.1, -0.05) is 54.3 Å². The summed E-state index contributed by atoms with van der Waals surface area (Å²) in [6, 6.07) is 18.8. The zero-order valence-electron chi connectivity index (χ0n) is 14.3. The van der Waals surface area contributed by atoms with Crippen molar-refractivity contribution >= 4 is 0 Å². The molecule has 24 heavy (non-hydrogen) atoms. The molecule has 0 saturated heterocycles. The van der Waals surface area contributed by atoms with Crippen LogP contribution in [0.4, 0.5) is 0 Å². The normalized spacial score (nSPS) is 22.8. The van der Waals surface area contributed by atoms with Gasteiger partial charge in [-0.25, -0.2) is 0 Å². The highest BCUT2D eigenvalue weighted by atomic mass is 16.5. The third-order valence-corrected chi connectivity index (χ3v) is 4.68. The molecule has 0 bridgehead atoms. The molecule has 1 fully saturated rings. The molecule has 2 N–H and O–H groups in total. The van der Waals surface area contributed by atoms with Gasteiger partial charge in [0.2, 0.25) is 0 Å². The van der Waals surface area contributed by atoms with Crippen molar-refractivity contribution in [2.75, 3.05) is 6.61 Å². The predicted octanol–water partition coefficient (Wildman–Crippen LogP) is 4.24. The van der Waals surface area contributed by atoms with Crippen LogP contribution in [0.25, 0.3) is 0 Å². The molecule has 3 rings (SSSR count). The maximum absolute atomic E-state index is 6.24. The van der Waals surface area contributed by atoms with Crippen molar-refractivity contribution in [2.24, 2.45) is 5.73 Å². The predicted molar refractivity (Wildman–Crippen MR) is 98.6 cm³/mol. The second-order valence-corrected chi connectivity index (χ2v) is 7.00. The molecule has 2 heteroatoms. The van der Waals surface area contributed by atoms with Crippen molar-refractivity contribution in [3.8, 4) is 11.8 Å². The van der Waals surface area contributed by atoms with Gasteiger partial charge in [0.1, 0.15) is 6.61 Å². The fraction of sp³-hybridized carbons (Fsp3) is 0.364. The van der Waals surface area contributed by atoms with Crippen molar-refractivity contribution in [2.45, 2.75) is 44.2 Å². The Labute approximate surface area is 145 Å². The first kappa shape index (κ1) is 16.8. The highest BCUT2D eigenvalue weighted by Gasteiger charge is 2.31. The summed E-state index contributed by atoms with van der Waals surface area (Å²) in [4.78, 5) is 0. The average Bonchev–Trinajstić information content (AvgIpc) is 2.96. The van der Waals surface area contributed by atoms with Crippen molar-refractivity contribution in [3.63, 3.8) is 0 Å². The minimum atomic E-state index is -0.000758. The van der Waals surface area contributed by atoms with Crippen LogP contribution in [0.15, 0.2) is 54.6 Å². The SMILES string of the molecule is C[C@@]1(N)CC[C@@H](c2ccc(C#CCOCc3ccccc3)cc2)C1. The van der Waals surface area contributed by atoms with E-state index in [9.17, 15) is 0 Å².